The van der Waals surface area contributed by atoms with Crippen LogP contribution in [0.2, 0.25) is 0 Å². The summed E-state index contributed by atoms with van der Waals surface area (Å²) in [6, 6.07) is 1.55. The van der Waals surface area contributed by atoms with E-state index in [1.54, 1.807) is 11.0 Å². The van der Waals surface area contributed by atoms with Gasteiger partial charge in [0.15, 0.2) is 5.78 Å². The fraction of sp³-hybridized carbons (Fsp3) is 0.455. The number of β-amino-alcohol motifs (C(OH)–C–C–N with tert-alkyl or cyclic N) is 1. The van der Waals surface area contributed by atoms with Gasteiger partial charge in [0.25, 0.3) is 5.91 Å². The number of nitrogens with one attached hydrogen (secondary N) is 1. The van der Waals surface area contributed by atoms with Gasteiger partial charge < -0.3 is 15.0 Å². The van der Waals surface area contributed by atoms with Crippen molar-refractivity contribution in [3.63, 3.8) is 0 Å². The maximum Gasteiger partial charge on any atom is 0.270 e. The van der Waals surface area contributed by atoms with Crippen LogP contribution in [-0.2, 0) is 0 Å². The molecular formula is C11H14N2O3. The number of hydrogen-bond acceptors (Lipinski definition) is 3. The monoisotopic (exact) mass is 222 g/mol. The first kappa shape index (κ1) is 10.9. The molecule has 0 saturated carbocycles. The topological polar surface area (TPSA) is 73.4 Å². The van der Waals surface area contributed by atoms with Crippen LogP contribution in [0, 0.1) is 0 Å². The van der Waals surface area contributed by atoms with Crippen molar-refractivity contribution in [3.8, 4) is 0 Å². The van der Waals surface area contributed by atoms with Crippen LogP contribution in [-0.4, -0.2) is 45.9 Å². The maximum absolute atomic E-state index is 11.9. The van der Waals surface area contributed by atoms with Gasteiger partial charge in [-0.15, -0.1) is 0 Å². The van der Waals surface area contributed by atoms with E-state index in [1.807, 2.05) is 0 Å². The lowest BCUT2D eigenvalue weighted by molar-refractivity contribution is 0.0760. The van der Waals surface area contributed by atoms with Gasteiger partial charge in [0.2, 0.25) is 0 Å². The third kappa shape index (κ3) is 1.99. The molecule has 2 rings (SSSR count). The molecule has 1 amide bonds. The molecular weight excluding hydrogens is 208 g/mol. The molecule has 16 heavy (non-hydrogen) atoms. The highest BCUT2D eigenvalue weighted by atomic mass is 16.3. The number of carbonyl (C=O) groups excluding carboxylic acids is 2. The Kier molecular flexibility index (Phi) is 2.78. The van der Waals surface area contributed by atoms with Crippen LogP contribution >= 0.6 is 0 Å². The first-order valence-electron chi connectivity index (χ1n) is 5.24. The molecule has 2 N–H and O–H groups in total. The van der Waals surface area contributed by atoms with E-state index >= 15 is 0 Å². The minimum Gasteiger partial charge on any atom is -0.391 e. The Morgan fingerprint density at radius 2 is 2.31 bits per heavy atom. The van der Waals surface area contributed by atoms with Crippen molar-refractivity contribution >= 4 is 11.7 Å². The molecule has 1 aromatic rings. The number of carbonyl (C=O) groups is 2. The smallest absolute Gasteiger partial charge is 0.270 e. The summed E-state index contributed by atoms with van der Waals surface area (Å²) in [4.78, 5) is 27.3. The van der Waals surface area contributed by atoms with E-state index < -0.39 is 6.10 Å². The average molecular weight is 222 g/mol. The van der Waals surface area contributed by atoms with E-state index in [0.29, 0.717) is 30.8 Å². The third-order valence-corrected chi connectivity index (χ3v) is 2.77. The normalized spacial score (nSPS) is 20.1. The number of aliphatic hydroxyl groups excluding tert-OH is 1. The number of nitrogens with zero attached hydrogens (tertiary/aromatic N) is 1. The molecule has 1 aliphatic heterocycles. The number of ketones is 1. The highest BCUT2D eigenvalue weighted by Gasteiger charge is 2.26. The van der Waals surface area contributed by atoms with E-state index in [0.717, 1.165) is 0 Å². The molecule has 0 aromatic carbocycles. The van der Waals surface area contributed by atoms with Crippen molar-refractivity contribution in [1.29, 1.82) is 0 Å². The van der Waals surface area contributed by atoms with Gasteiger partial charge in [-0.05, 0) is 19.4 Å². The summed E-state index contributed by atoms with van der Waals surface area (Å²) >= 11 is 0. The second-order valence-corrected chi connectivity index (χ2v) is 4.05. The molecule has 1 fully saturated rings. The summed E-state index contributed by atoms with van der Waals surface area (Å²) in [5.74, 6) is -0.235. The zero-order valence-electron chi connectivity index (χ0n) is 9.06. The number of H-pyrrole nitrogens is 1. The summed E-state index contributed by atoms with van der Waals surface area (Å²) in [5.41, 5.74) is 0.905. The van der Waals surface area contributed by atoms with Gasteiger partial charge in [0, 0.05) is 24.8 Å². The predicted octanol–water partition coefficient (Wildman–Crippen LogP) is 0.424. The second kappa shape index (κ2) is 4.09. The number of Topliss-reactive ketones (excluding diaryl/α,β-unsaturated/α-hetero) is 1. The Morgan fingerprint density at radius 1 is 1.56 bits per heavy atom. The van der Waals surface area contributed by atoms with Crippen LogP contribution in [0.5, 0.6) is 0 Å². The number of rotatable bonds is 2. The number of aliphatic hydroxyl groups is 1. The first-order valence-corrected chi connectivity index (χ1v) is 5.24. The van der Waals surface area contributed by atoms with Crippen molar-refractivity contribution in [1.82, 2.24) is 9.88 Å². The Balaban J connectivity index is 2.11. The molecule has 5 heteroatoms. The minimum atomic E-state index is -0.425. The molecule has 0 unspecified atom stereocenters. The zero-order chi connectivity index (χ0) is 11.7. The molecule has 5 nitrogen and oxygen atoms in total. The molecule has 1 atom stereocenters. The van der Waals surface area contributed by atoms with Gasteiger partial charge in [-0.3, -0.25) is 9.59 Å². The lowest BCUT2D eigenvalue weighted by Crippen LogP contribution is -2.29. The number of amides is 1. The minimum absolute atomic E-state index is 0.0724. The Labute approximate surface area is 93.1 Å². The largest absolute Gasteiger partial charge is 0.391 e. The zero-order valence-corrected chi connectivity index (χ0v) is 9.06. The van der Waals surface area contributed by atoms with E-state index in [1.165, 1.54) is 13.1 Å². The molecule has 0 bridgehead atoms. The summed E-state index contributed by atoms with van der Waals surface area (Å²) in [7, 11) is 0. The van der Waals surface area contributed by atoms with Crippen LogP contribution in [0.15, 0.2) is 12.3 Å². The second-order valence-electron chi connectivity index (χ2n) is 4.05. The number of likely N-dealkylation sites (tertiary alicyclic amines) is 1. The summed E-state index contributed by atoms with van der Waals surface area (Å²) in [6.45, 7) is 2.39. The van der Waals surface area contributed by atoms with Gasteiger partial charge in [-0.2, -0.15) is 0 Å². The standard InChI is InChI=1S/C11H14N2O3/c1-7(14)8-4-10(12-5-8)11(16)13-3-2-9(15)6-13/h4-5,9,12,15H,2-3,6H2,1H3/t9-/m1/s1. The van der Waals surface area contributed by atoms with Gasteiger partial charge in [0.1, 0.15) is 5.69 Å². The quantitative estimate of drug-likeness (QED) is 0.712. The van der Waals surface area contributed by atoms with Crippen molar-refractivity contribution < 1.29 is 14.7 Å². The van der Waals surface area contributed by atoms with E-state index in [9.17, 15) is 14.7 Å². The van der Waals surface area contributed by atoms with E-state index in [4.69, 9.17) is 0 Å². The van der Waals surface area contributed by atoms with Crippen LogP contribution in [0.4, 0.5) is 0 Å². The number of aromatic nitrogens is 1. The molecule has 0 aliphatic carbocycles. The molecule has 2 heterocycles. The molecule has 0 radical (unpaired) electrons. The van der Waals surface area contributed by atoms with Crippen molar-refractivity contribution in [2.75, 3.05) is 13.1 Å². The fourth-order valence-electron chi connectivity index (χ4n) is 1.82. The molecule has 1 aromatic heterocycles. The van der Waals surface area contributed by atoms with Crippen LogP contribution in [0.1, 0.15) is 34.2 Å². The molecule has 1 aliphatic rings. The Morgan fingerprint density at radius 3 is 2.81 bits per heavy atom. The Bertz CT molecular complexity index is 425. The fourth-order valence-corrected chi connectivity index (χ4v) is 1.82. The SMILES string of the molecule is CC(=O)c1c[nH]c(C(=O)N2CC[C@@H](O)C2)c1. The first-order chi connectivity index (χ1) is 7.58. The maximum atomic E-state index is 11.9. The summed E-state index contributed by atoms with van der Waals surface area (Å²) in [5, 5.41) is 9.33. The predicted molar refractivity (Wildman–Crippen MR) is 57.3 cm³/mol. The van der Waals surface area contributed by atoms with Gasteiger partial charge in [0.05, 0.1) is 6.10 Å². The summed E-state index contributed by atoms with van der Waals surface area (Å²) in [6.07, 6.45) is 1.72. The van der Waals surface area contributed by atoms with Crippen LogP contribution in [0.3, 0.4) is 0 Å². The number of hydrogen-bond donors (Lipinski definition) is 2. The van der Waals surface area contributed by atoms with E-state index in [-0.39, 0.29) is 11.7 Å². The third-order valence-electron chi connectivity index (χ3n) is 2.77. The lowest BCUT2D eigenvalue weighted by atomic mass is 10.2. The molecule has 1 saturated heterocycles. The van der Waals surface area contributed by atoms with Gasteiger partial charge in [-0.1, -0.05) is 0 Å². The van der Waals surface area contributed by atoms with Gasteiger partial charge in [-0.25, -0.2) is 0 Å². The average Bonchev–Trinajstić information content (AvgIpc) is 2.84. The lowest BCUT2D eigenvalue weighted by Gasteiger charge is -2.13. The Hall–Kier alpha value is -1.62. The molecule has 86 valence electrons. The highest BCUT2D eigenvalue weighted by Crippen LogP contribution is 2.13. The highest BCUT2D eigenvalue weighted by molar-refractivity contribution is 5.99. The van der Waals surface area contributed by atoms with Crippen molar-refractivity contribution in [2.24, 2.45) is 0 Å². The van der Waals surface area contributed by atoms with Crippen LogP contribution in [0.25, 0.3) is 0 Å². The van der Waals surface area contributed by atoms with Gasteiger partial charge >= 0.3 is 0 Å². The van der Waals surface area contributed by atoms with Crippen molar-refractivity contribution in [3.05, 3.63) is 23.5 Å². The molecule has 0 spiro atoms. The summed E-state index contributed by atoms with van der Waals surface area (Å²) < 4.78 is 0. The van der Waals surface area contributed by atoms with Crippen LogP contribution < -0.4 is 0 Å². The van der Waals surface area contributed by atoms with E-state index in [2.05, 4.69) is 4.98 Å². The van der Waals surface area contributed by atoms with Crippen molar-refractivity contribution in [2.45, 2.75) is 19.4 Å². The number of aromatic amines is 1.